The number of aromatic nitrogens is 14. The second-order valence-corrected chi connectivity index (χ2v) is 20.1. The fourth-order valence-electron chi connectivity index (χ4n) is 8.75. The van der Waals surface area contributed by atoms with Crippen molar-refractivity contribution in [2.24, 2.45) is 0 Å². The van der Waals surface area contributed by atoms with Crippen LogP contribution in [0.15, 0.2) is 149 Å². The molecule has 0 saturated carbocycles. The van der Waals surface area contributed by atoms with Gasteiger partial charge in [0.25, 0.3) is 0 Å². The predicted molar refractivity (Wildman–Crippen MR) is 324 cm³/mol. The smallest absolute Gasteiger partial charge is 0.226 e. The molecule has 7 aromatic heterocycles. The Morgan fingerprint density at radius 3 is 1.47 bits per heavy atom. The fraction of sp³-hybridized carbons (Fsp3) is 0.113. The van der Waals surface area contributed by atoms with E-state index in [-0.39, 0.29) is 5.95 Å². The van der Waals surface area contributed by atoms with Crippen LogP contribution in [0.4, 0.5) is 25.1 Å². The highest BCUT2D eigenvalue weighted by Crippen LogP contribution is 2.32. The number of methoxy groups -OCH3 is 2. The van der Waals surface area contributed by atoms with Crippen molar-refractivity contribution in [3.8, 4) is 71.1 Å². The van der Waals surface area contributed by atoms with Crippen molar-refractivity contribution in [3.05, 3.63) is 206 Å². The maximum absolute atomic E-state index is 13.8. The molecule has 0 aliphatic carbocycles. The lowest BCUT2D eigenvalue weighted by Gasteiger charge is -2.15. The number of hydrogen-bond donors (Lipinski definition) is 3. The summed E-state index contributed by atoms with van der Waals surface area (Å²) in [5.41, 5.74) is 9.87. The molecule has 23 heteroatoms. The highest BCUT2D eigenvalue weighted by molar-refractivity contribution is 9.10. The summed E-state index contributed by atoms with van der Waals surface area (Å²) in [7, 11) is 3.34. The summed E-state index contributed by atoms with van der Waals surface area (Å²) in [5, 5.41) is 19.5. The zero-order valence-electron chi connectivity index (χ0n) is 45.3. The van der Waals surface area contributed by atoms with Crippen LogP contribution in [-0.2, 0) is 26.2 Å². The Balaban J connectivity index is 0.000000137. The van der Waals surface area contributed by atoms with Gasteiger partial charge in [0.15, 0.2) is 11.6 Å². The number of anilines is 2. The van der Waals surface area contributed by atoms with Gasteiger partial charge in [-0.1, -0.05) is 39.9 Å². The van der Waals surface area contributed by atoms with E-state index in [2.05, 4.69) is 155 Å². The van der Waals surface area contributed by atoms with Gasteiger partial charge in [-0.25, -0.2) is 39.9 Å². The lowest BCUT2D eigenvalue weighted by atomic mass is 10.1. The summed E-state index contributed by atoms with van der Waals surface area (Å²) in [6, 6.07) is 34.7. The first kappa shape index (κ1) is 57.7. The molecule has 14 rings (SSSR count). The van der Waals surface area contributed by atoms with Gasteiger partial charge in [0.05, 0.1) is 46.9 Å². The molecular formula is C62H45Br2F3N16O2. The molecule has 0 amide bonds. The number of benzene rings is 5. The van der Waals surface area contributed by atoms with Gasteiger partial charge in [-0.2, -0.15) is 28.5 Å². The Bertz CT molecular complexity index is 4550. The molecule has 0 saturated heterocycles. The van der Waals surface area contributed by atoms with Crippen molar-refractivity contribution in [1.29, 1.82) is 0 Å². The number of aromatic amines is 3. The number of nitrogens with one attached hydrogen (secondary N) is 3. The van der Waals surface area contributed by atoms with E-state index < -0.39 is 11.9 Å². The van der Waals surface area contributed by atoms with Gasteiger partial charge in [0.2, 0.25) is 29.7 Å². The van der Waals surface area contributed by atoms with Crippen LogP contribution < -0.4 is 19.3 Å². The summed E-state index contributed by atoms with van der Waals surface area (Å²) < 4.78 is 51.7. The average molecular weight is 1260 g/mol. The van der Waals surface area contributed by atoms with Crippen LogP contribution in [0.2, 0.25) is 0 Å². The molecule has 0 fully saturated rings. The third-order valence-corrected chi connectivity index (χ3v) is 13.8. The van der Waals surface area contributed by atoms with Crippen LogP contribution in [0.3, 0.4) is 0 Å². The SMILES string of the molecule is C#CC.C#Cc1ccc2n[nH]c(F)c2c1.COc1ccc2c(c1)CN(c1nccc(-c3nccc(Br)n3)n1)C2.COc1ccc2c(c1)CN(c1nccc(-c3nccc(C#Cc4ccc5n[nH]c(F)c5c4)n3)n1)C2.Fc1[nH]nc2ccc(Br)cc12. The van der Waals surface area contributed by atoms with E-state index in [0.29, 0.717) is 91.0 Å². The molecule has 0 spiro atoms. The van der Waals surface area contributed by atoms with Gasteiger partial charge in [0, 0.05) is 66.6 Å². The number of rotatable bonds is 6. The zero-order chi connectivity index (χ0) is 59.4. The largest absolute Gasteiger partial charge is 0.497 e. The molecular weight excluding hydrogens is 1220 g/mol. The standard InChI is InChI=1S/C26H18FN7O.C17H14BrN5O.C9H5FN2.C7H4BrFN2.C3H4/c1-35-20-6-4-17-14-34(15-18(17)13-20)26-29-11-9-23(31-26)25-28-10-8-19(30-25)5-2-16-3-7-22-21(12-16)24(27)33-32-22;1-24-13-3-2-11-9-23(10-12(11)8-13)17-20-6-4-14(21-17)16-19-7-5-15(18)22-16;1-2-6-3-4-8-7(5-6)9(10)12-11-8;8-4-1-2-6-5(3-4)7(9)11-10-6;1-3-2/h3-4,6-13H,14-15H2,1H3,(H,32,33);2-8H,9-10H2,1H3;1,3-5H,(H,11,12);1-3H,(H,10,11);1H,2H3. The maximum Gasteiger partial charge on any atom is 0.226 e. The molecule has 3 N–H and O–H groups in total. The Labute approximate surface area is 501 Å². The first-order valence-electron chi connectivity index (χ1n) is 25.6. The summed E-state index contributed by atoms with van der Waals surface area (Å²) in [5.74, 6) is 13.4. The van der Waals surface area contributed by atoms with E-state index in [1.165, 1.54) is 22.3 Å². The minimum atomic E-state index is -0.479. The molecule has 18 nitrogen and oxygen atoms in total. The molecule has 420 valence electrons. The Morgan fingerprint density at radius 2 is 0.953 bits per heavy atom. The van der Waals surface area contributed by atoms with E-state index in [1.54, 1.807) is 113 Å². The normalized spacial score (nSPS) is 11.6. The number of fused-ring (bicyclic) bond motifs is 5. The topological polar surface area (TPSA) is 214 Å². The molecule has 0 bridgehead atoms. The van der Waals surface area contributed by atoms with Crippen molar-refractivity contribution in [1.82, 2.24) is 70.5 Å². The minimum Gasteiger partial charge on any atom is -0.497 e. The zero-order valence-corrected chi connectivity index (χ0v) is 48.5. The van der Waals surface area contributed by atoms with Gasteiger partial charge in [-0.05, 0) is 154 Å². The summed E-state index contributed by atoms with van der Waals surface area (Å²) in [6.45, 7) is 4.61. The van der Waals surface area contributed by atoms with Crippen LogP contribution in [-0.4, -0.2) is 84.7 Å². The van der Waals surface area contributed by atoms with Crippen molar-refractivity contribution in [2.75, 3.05) is 24.0 Å². The first-order chi connectivity index (χ1) is 41.4. The van der Waals surface area contributed by atoms with Gasteiger partial charge in [-0.3, -0.25) is 15.3 Å². The lowest BCUT2D eigenvalue weighted by Crippen LogP contribution is -2.17. The number of terminal acetylenes is 2. The van der Waals surface area contributed by atoms with Crippen LogP contribution in [0.25, 0.3) is 55.7 Å². The van der Waals surface area contributed by atoms with E-state index in [4.69, 9.17) is 20.9 Å². The number of hydrogen-bond acceptors (Lipinski definition) is 15. The Morgan fingerprint density at radius 1 is 0.494 bits per heavy atom. The quantitative estimate of drug-likeness (QED) is 0.104. The molecule has 9 heterocycles. The van der Waals surface area contributed by atoms with Crippen molar-refractivity contribution < 1.29 is 22.6 Å². The fourth-order valence-corrected chi connectivity index (χ4v) is 9.40. The third kappa shape index (κ3) is 13.9. The third-order valence-electron chi connectivity index (χ3n) is 12.8. The Hall–Kier alpha value is -10.5. The van der Waals surface area contributed by atoms with Crippen molar-refractivity contribution in [2.45, 2.75) is 33.1 Å². The number of nitrogens with zero attached hydrogens (tertiary/aromatic N) is 13. The van der Waals surface area contributed by atoms with Crippen molar-refractivity contribution >= 4 is 76.5 Å². The van der Waals surface area contributed by atoms with Gasteiger partial charge >= 0.3 is 0 Å². The number of ether oxygens (including phenoxy) is 2. The highest BCUT2D eigenvalue weighted by atomic mass is 79.9. The highest BCUT2D eigenvalue weighted by Gasteiger charge is 2.24. The molecule has 0 unspecified atom stereocenters. The second-order valence-electron chi connectivity index (χ2n) is 18.4. The monoisotopic (exact) mass is 1260 g/mol. The Kier molecular flexibility index (Phi) is 18.0. The number of H-pyrrole nitrogens is 3. The molecule has 0 atom stereocenters. The van der Waals surface area contributed by atoms with Crippen LogP contribution in [0.5, 0.6) is 11.5 Å². The lowest BCUT2D eigenvalue weighted by molar-refractivity contribution is 0.414. The molecule has 5 aromatic carbocycles. The average Bonchev–Trinajstić information content (AvgIpc) is 4.54. The van der Waals surface area contributed by atoms with Crippen LogP contribution in [0, 0.1) is 54.4 Å². The van der Waals surface area contributed by atoms with Crippen LogP contribution >= 0.6 is 31.9 Å². The van der Waals surface area contributed by atoms with E-state index >= 15 is 0 Å². The molecule has 0 radical (unpaired) electrons. The first-order valence-corrected chi connectivity index (χ1v) is 27.2. The summed E-state index contributed by atoms with van der Waals surface area (Å²) in [4.78, 5) is 40.0. The van der Waals surface area contributed by atoms with Crippen molar-refractivity contribution in [3.63, 3.8) is 0 Å². The molecule has 2 aliphatic heterocycles. The van der Waals surface area contributed by atoms with Gasteiger partial charge in [0.1, 0.15) is 33.2 Å². The molecule has 85 heavy (non-hydrogen) atoms. The van der Waals surface area contributed by atoms with E-state index in [0.717, 1.165) is 40.2 Å². The van der Waals surface area contributed by atoms with Gasteiger partial charge < -0.3 is 19.3 Å². The second kappa shape index (κ2) is 26.6. The number of halogens is 5. The van der Waals surface area contributed by atoms with E-state index in [9.17, 15) is 13.2 Å². The van der Waals surface area contributed by atoms with Gasteiger partial charge in [-0.15, -0.1) is 18.8 Å². The molecule has 2 aliphatic rings. The molecule has 12 aromatic rings. The predicted octanol–water partition coefficient (Wildman–Crippen LogP) is 11.9. The van der Waals surface area contributed by atoms with Crippen LogP contribution in [0.1, 0.15) is 46.0 Å². The maximum atomic E-state index is 13.8. The summed E-state index contributed by atoms with van der Waals surface area (Å²) in [6.07, 6.45) is 16.5. The minimum absolute atomic E-state index is 0.388. The van der Waals surface area contributed by atoms with E-state index in [1.807, 2.05) is 30.3 Å². The summed E-state index contributed by atoms with van der Waals surface area (Å²) >= 11 is 6.60.